The number of aliphatic imine (C=N–C) groups is 1. The number of ether oxygens (including phenoxy) is 1. The first kappa shape index (κ1) is 33.6. The molecule has 252 valence electrons. The summed E-state index contributed by atoms with van der Waals surface area (Å²) in [5.74, 6) is 4.22. The number of rotatable bonds is 12. The molecular weight excluding hydrogens is 657 g/mol. The molecule has 4 aromatic carbocycles. The number of hydrogen-bond acceptors (Lipinski definition) is 5. The number of aryl methyl sites for hydroxylation is 3. The van der Waals surface area contributed by atoms with E-state index in [9.17, 15) is 0 Å². The van der Waals surface area contributed by atoms with Gasteiger partial charge < -0.3 is 18.3 Å². The Morgan fingerprint density at radius 2 is 1.28 bits per heavy atom. The second-order valence-electron chi connectivity index (χ2n) is 12.1. The second kappa shape index (κ2) is 15.3. The summed E-state index contributed by atoms with van der Waals surface area (Å²) in [5, 5.41) is 2.50. The van der Waals surface area contributed by atoms with Crippen LogP contribution < -0.4 is 9.30 Å². The van der Waals surface area contributed by atoms with Crippen LogP contribution in [0, 0.1) is 13.8 Å². The number of benzene rings is 4. The molecule has 7 rings (SSSR count). The fraction of sp³-hybridized carbons (Fsp3) is 0.190. The Balaban J connectivity index is 0.998. The van der Waals surface area contributed by atoms with E-state index in [2.05, 4.69) is 105 Å². The van der Waals surface area contributed by atoms with Crippen LogP contribution in [0.2, 0.25) is 0 Å². The third-order valence-corrected chi connectivity index (χ3v) is 11.5. The minimum Gasteiger partial charge on any atom is -0.439 e. The lowest BCUT2D eigenvalue weighted by Gasteiger charge is -2.10. The maximum atomic E-state index is 6.14. The lowest BCUT2D eigenvalue weighted by Crippen LogP contribution is -2.29. The molecule has 6 nitrogen and oxygen atoms in total. The number of fused-ring (bicyclic) bond motifs is 3. The molecule has 0 radical (unpaired) electrons. The lowest BCUT2D eigenvalue weighted by molar-refractivity contribution is -0.651. The first-order chi connectivity index (χ1) is 24.5. The van der Waals surface area contributed by atoms with Gasteiger partial charge in [0.1, 0.15) is 12.8 Å². The Kier molecular flexibility index (Phi) is 10.3. The van der Waals surface area contributed by atoms with E-state index in [0.29, 0.717) is 5.90 Å². The van der Waals surface area contributed by atoms with Crippen molar-refractivity contribution in [1.29, 1.82) is 0 Å². The van der Waals surface area contributed by atoms with E-state index in [-0.39, 0.29) is 0 Å². The highest BCUT2D eigenvalue weighted by Gasteiger charge is 2.18. The van der Waals surface area contributed by atoms with Gasteiger partial charge in [0.25, 0.3) is 5.52 Å². The normalized spacial score (nSPS) is 12.4. The van der Waals surface area contributed by atoms with Gasteiger partial charge in [0, 0.05) is 88.1 Å². The Morgan fingerprint density at radius 3 is 1.90 bits per heavy atom. The highest BCUT2D eigenvalue weighted by atomic mass is 33.1. The average molecular weight is 698 g/mol. The van der Waals surface area contributed by atoms with Crippen molar-refractivity contribution < 1.29 is 13.7 Å². The smallest absolute Gasteiger partial charge is 0.373 e. The molecule has 0 aliphatic rings. The first-order valence-corrected chi connectivity index (χ1v) is 19.4. The topological polar surface area (TPSA) is 48.5 Å². The van der Waals surface area contributed by atoms with Crippen molar-refractivity contribution in [2.24, 2.45) is 12.0 Å². The van der Waals surface area contributed by atoms with Crippen LogP contribution in [0.3, 0.4) is 0 Å². The molecule has 0 bridgehead atoms. The maximum absolute atomic E-state index is 6.14. The van der Waals surface area contributed by atoms with Crippen molar-refractivity contribution in [2.75, 3.05) is 18.6 Å². The SMILES string of the molecule is CN=C(/C=C/c1c(C)n(CCSSCCn2c(C)c(/C=C/c3oc4ccccc4[n+]3C)c3ccccc32)c2ccccc12)Oc1ccccc1. The molecule has 0 spiro atoms. The zero-order chi connectivity index (χ0) is 34.5. The number of nitrogens with zero attached hydrogens (tertiary/aromatic N) is 4. The van der Waals surface area contributed by atoms with Crippen molar-refractivity contribution in [3.8, 4) is 5.75 Å². The van der Waals surface area contributed by atoms with Crippen molar-refractivity contribution in [1.82, 2.24) is 9.13 Å². The van der Waals surface area contributed by atoms with Crippen molar-refractivity contribution in [3.63, 3.8) is 0 Å². The standard InChI is InChI=1S/C42H41N4O2S2/c1-30-33(22-24-41(43-3)47-32-14-6-5-7-15-32)35-16-8-10-18-37(35)45(30)26-28-49-50-29-27-46-31(2)34(36-17-9-11-19-38(36)46)23-25-42-44(4)39-20-12-13-21-40(39)48-42/h5-25H,26-29H2,1-4H3/q+1/b24-22+,43-41?. The average Bonchev–Trinajstić information content (AvgIpc) is 3.72. The summed E-state index contributed by atoms with van der Waals surface area (Å²) in [4.78, 5) is 4.36. The monoisotopic (exact) mass is 697 g/mol. The summed E-state index contributed by atoms with van der Waals surface area (Å²) in [6.07, 6.45) is 8.38. The summed E-state index contributed by atoms with van der Waals surface area (Å²) in [7, 11) is 7.69. The van der Waals surface area contributed by atoms with Gasteiger partial charge in [-0.15, -0.1) is 0 Å². The molecular formula is C42H41N4O2S2+. The van der Waals surface area contributed by atoms with Gasteiger partial charge >= 0.3 is 5.89 Å². The molecule has 8 heteroatoms. The molecule has 0 atom stereocenters. The van der Waals surface area contributed by atoms with Gasteiger partial charge in [0.2, 0.25) is 11.5 Å². The zero-order valence-corrected chi connectivity index (χ0v) is 30.5. The predicted octanol–water partition coefficient (Wildman–Crippen LogP) is 10.2. The van der Waals surface area contributed by atoms with Crippen LogP contribution in [0.25, 0.3) is 51.1 Å². The van der Waals surface area contributed by atoms with Crippen molar-refractivity contribution in [3.05, 3.63) is 138 Å². The molecule has 3 aromatic heterocycles. The van der Waals surface area contributed by atoms with Gasteiger partial charge in [0.05, 0.1) is 6.08 Å². The van der Waals surface area contributed by atoms with Crippen LogP contribution in [0.5, 0.6) is 5.75 Å². The fourth-order valence-corrected chi connectivity index (χ4v) is 8.53. The lowest BCUT2D eigenvalue weighted by atomic mass is 10.1. The van der Waals surface area contributed by atoms with E-state index in [1.165, 1.54) is 44.3 Å². The Bertz CT molecular complexity index is 2360. The van der Waals surface area contributed by atoms with Crippen LogP contribution in [-0.4, -0.2) is 33.6 Å². The molecule has 0 aliphatic heterocycles. The molecule has 0 N–H and O–H groups in total. The number of hydrogen-bond donors (Lipinski definition) is 0. The van der Waals surface area contributed by atoms with Gasteiger partial charge in [-0.1, -0.05) is 88.3 Å². The van der Waals surface area contributed by atoms with Crippen LogP contribution in [0.4, 0.5) is 0 Å². The molecule has 0 fully saturated rings. The van der Waals surface area contributed by atoms with Crippen molar-refractivity contribution >= 4 is 78.6 Å². The molecule has 0 saturated heterocycles. The quantitative estimate of drug-likeness (QED) is 0.0419. The highest BCUT2D eigenvalue weighted by Crippen LogP contribution is 2.31. The summed E-state index contributed by atoms with van der Waals surface area (Å²) >= 11 is 0. The van der Waals surface area contributed by atoms with Crippen LogP contribution in [0.15, 0.2) is 119 Å². The van der Waals surface area contributed by atoms with Gasteiger partial charge in [-0.2, -0.15) is 4.57 Å². The van der Waals surface area contributed by atoms with Crippen LogP contribution >= 0.6 is 21.6 Å². The Morgan fingerprint density at radius 1 is 0.720 bits per heavy atom. The van der Waals surface area contributed by atoms with E-state index in [1.807, 2.05) is 83.2 Å². The first-order valence-electron chi connectivity index (χ1n) is 16.9. The van der Waals surface area contributed by atoms with E-state index in [4.69, 9.17) is 9.15 Å². The van der Waals surface area contributed by atoms with Crippen molar-refractivity contribution in [2.45, 2.75) is 26.9 Å². The predicted molar refractivity (Wildman–Crippen MR) is 214 cm³/mol. The van der Waals surface area contributed by atoms with E-state index < -0.39 is 0 Å². The van der Waals surface area contributed by atoms with Gasteiger partial charge in [0.15, 0.2) is 0 Å². The number of aromatic nitrogens is 3. The summed E-state index contributed by atoms with van der Waals surface area (Å²) in [5.41, 5.74) is 9.45. The molecule has 0 amide bonds. The van der Waals surface area contributed by atoms with Crippen LogP contribution in [-0.2, 0) is 20.1 Å². The molecule has 0 unspecified atom stereocenters. The minimum atomic E-state index is 0.577. The third-order valence-electron chi connectivity index (χ3n) is 9.18. The molecule has 3 heterocycles. The molecule has 0 saturated carbocycles. The number of oxazole rings is 1. The van der Waals surface area contributed by atoms with E-state index >= 15 is 0 Å². The fourth-order valence-electron chi connectivity index (χ4n) is 6.63. The molecule has 7 aromatic rings. The Hall–Kier alpha value is -4.92. The second-order valence-corrected chi connectivity index (χ2v) is 14.8. The largest absolute Gasteiger partial charge is 0.439 e. The summed E-state index contributed by atoms with van der Waals surface area (Å²) in [6, 6.07) is 35.3. The van der Waals surface area contributed by atoms with E-state index in [0.717, 1.165) is 47.3 Å². The molecule has 0 aliphatic carbocycles. The van der Waals surface area contributed by atoms with Gasteiger partial charge in [-0.3, -0.25) is 4.99 Å². The van der Waals surface area contributed by atoms with Gasteiger partial charge in [-0.25, -0.2) is 0 Å². The number of para-hydroxylation sites is 5. The highest BCUT2D eigenvalue weighted by molar-refractivity contribution is 8.76. The van der Waals surface area contributed by atoms with Crippen LogP contribution in [0.1, 0.15) is 28.4 Å². The van der Waals surface area contributed by atoms with Gasteiger partial charge in [-0.05, 0) is 56.3 Å². The molecule has 50 heavy (non-hydrogen) atoms. The third kappa shape index (κ3) is 6.91. The van der Waals surface area contributed by atoms with E-state index in [1.54, 1.807) is 7.05 Å². The zero-order valence-electron chi connectivity index (χ0n) is 28.9. The maximum Gasteiger partial charge on any atom is 0.373 e. The summed E-state index contributed by atoms with van der Waals surface area (Å²) < 4.78 is 19.1. The summed E-state index contributed by atoms with van der Waals surface area (Å²) in [6.45, 7) is 6.32. The minimum absolute atomic E-state index is 0.577. The Labute approximate surface area is 301 Å².